The zero-order valence-electron chi connectivity index (χ0n) is 11.1. The summed E-state index contributed by atoms with van der Waals surface area (Å²) >= 11 is 0. The molecule has 1 aliphatic rings. The van der Waals surface area contributed by atoms with Crippen molar-refractivity contribution in [1.82, 2.24) is 15.4 Å². The van der Waals surface area contributed by atoms with Crippen LogP contribution in [-0.2, 0) is 17.5 Å². The van der Waals surface area contributed by atoms with Gasteiger partial charge in [0.25, 0.3) is 0 Å². The number of rotatable bonds is 4. The zero-order valence-corrected chi connectivity index (χ0v) is 11.1. The van der Waals surface area contributed by atoms with Gasteiger partial charge in [0.15, 0.2) is 0 Å². The molecule has 1 amide bonds. The Bertz CT molecular complexity index is 469. The average Bonchev–Trinajstić information content (AvgIpc) is 2.33. The van der Waals surface area contributed by atoms with E-state index in [0.29, 0.717) is 5.69 Å². The van der Waals surface area contributed by atoms with Crippen LogP contribution in [0.15, 0.2) is 18.3 Å². The Labute approximate surface area is 115 Å². The van der Waals surface area contributed by atoms with Crippen LogP contribution in [0, 0.1) is 5.92 Å². The van der Waals surface area contributed by atoms with Gasteiger partial charge in [-0.3, -0.25) is 14.8 Å². The Morgan fingerprint density at radius 3 is 2.60 bits per heavy atom. The first-order valence-corrected chi connectivity index (χ1v) is 6.41. The van der Waals surface area contributed by atoms with E-state index in [9.17, 15) is 18.0 Å². The lowest BCUT2D eigenvalue weighted by molar-refractivity contribution is -0.140. The van der Waals surface area contributed by atoms with Crippen LogP contribution in [0.2, 0.25) is 0 Å². The molecule has 0 saturated heterocycles. The number of hydrazine groups is 1. The summed E-state index contributed by atoms with van der Waals surface area (Å²) in [5.74, 6) is 0.0937. The third-order valence-electron chi connectivity index (χ3n) is 3.43. The maximum Gasteiger partial charge on any atom is 0.417 e. The predicted molar refractivity (Wildman–Crippen MR) is 66.2 cm³/mol. The van der Waals surface area contributed by atoms with Gasteiger partial charge in [0.05, 0.1) is 17.8 Å². The van der Waals surface area contributed by atoms with Gasteiger partial charge in [0.1, 0.15) is 0 Å². The minimum absolute atomic E-state index is 0.0168. The molecule has 7 heteroatoms. The predicted octanol–water partition coefficient (Wildman–Crippen LogP) is 2.36. The fourth-order valence-corrected chi connectivity index (χ4v) is 1.90. The number of alkyl halides is 3. The van der Waals surface area contributed by atoms with Crippen molar-refractivity contribution < 1.29 is 18.0 Å². The molecule has 0 aliphatic heterocycles. The van der Waals surface area contributed by atoms with Gasteiger partial charge in [0.2, 0.25) is 5.91 Å². The highest BCUT2D eigenvalue weighted by atomic mass is 19.4. The van der Waals surface area contributed by atoms with Gasteiger partial charge in [-0.25, -0.2) is 5.43 Å². The second-order valence-electron chi connectivity index (χ2n) is 4.90. The molecule has 0 unspecified atom stereocenters. The van der Waals surface area contributed by atoms with Crippen LogP contribution in [0.4, 0.5) is 13.2 Å². The molecule has 20 heavy (non-hydrogen) atoms. The average molecular weight is 287 g/mol. The summed E-state index contributed by atoms with van der Waals surface area (Å²) in [5, 5.41) is 1.39. The van der Waals surface area contributed by atoms with Gasteiger partial charge in [-0.1, -0.05) is 6.42 Å². The molecule has 4 nitrogen and oxygen atoms in total. The van der Waals surface area contributed by atoms with Gasteiger partial charge in [0, 0.05) is 19.2 Å². The van der Waals surface area contributed by atoms with Crippen molar-refractivity contribution in [1.29, 1.82) is 0 Å². The van der Waals surface area contributed by atoms with Crippen LogP contribution < -0.4 is 5.43 Å². The van der Waals surface area contributed by atoms with Gasteiger partial charge < -0.3 is 0 Å². The normalized spacial score (nSPS) is 15.8. The lowest BCUT2D eigenvalue weighted by Gasteiger charge is -2.29. The molecule has 0 spiro atoms. The topological polar surface area (TPSA) is 45.2 Å². The smallest absolute Gasteiger partial charge is 0.281 e. The maximum atomic E-state index is 12.4. The molecule has 1 fully saturated rings. The van der Waals surface area contributed by atoms with E-state index >= 15 is 0 Å². The summed E-state index contributed by atoms with van der Waals surface area (Å²) in [6, 6.07) is 2.29. The van der Waals surface area contributed by atoms with Crippen LogP contribution in [0.1, 0.15) is 30.5 Å². The number of hydrogen-bond acceptors (Lipinski definition) is 3. The summed E-state index contributed by atoms with van der Waals surface area (Å²) < 4.78 is 37.1. The molecule has 0 aromatic carbocycles. The molecule has 1 aliphatic carbocycles. The molecular formula is C13H16F3N3O. The Kier molecular flexibility index (Phi) is 4.27. The molecule has 1 aromatic heterocycles. The molecule has 0 atom stereocenters. The molecular weight excluding hydrogens is 271 g/mol. The largest absolute Gasteiger partial charge is 0.417 e. The molecule has 0 radical (unpaired) electrons. The first-order chi connectivity index (χ1) is 9.38. The van der Waals surface area contributed by atoms with E-state index in [1.54, 1.807) is 7.05 Å². The fraction of sp³-hybridized carbons (Fsp3) is 0.538. The standard InChI is InChI=1S/C13H16F3N3O/c1-19(12(20)9-3-2-4-9)18-8-11-6-5-10(7-17-11)13(14,15)16/h5-7,9,18H,2-4,8H2,1H3. The van der Waals surface area contributed by atoms with Crippen molar-refractivity contribution in [2.75, 3.05) is 7.05 Å². The van der Waals surface area contributed by atoms with E-state index in [-0.39, 0.29) is 18.4 Å². The lowest BCUT2D eigenvalue weighted by atomic mass is 9.85. The molecule has 1 heterocycles. The van der Waals surface area contributed by atoms with E-state index in [2.05, 4.69) is 10.4 Å². The minimum Gasteiger partial charge on any atom is -0.281 e. The summed E-state index contributed by atoms with van der Waals surface area (Å²) in [5.41, 5.74) is 2.52. The summed E-state index contributed by atoms with van der Waals surface area (Å²) in [7, 11) is 1.62. The quantitative estimate of drug-likeness (QED) is 0.865. The van der Waals surface area contributed by atoms with Crippen molar-refractivity contribution >= 4 is 5.91 Å². The van der Waals surface area contributed by atoms with Crippen molar-refractivity contribution in [2.45, 2.75) is 32.0 Å². The van der Waals surface area contributed by atoms with Crippen molar-refractivity contribution in [3.8, 4) is 0 Å². The van der Waals surface area contributed by atoms with Gasteiger partial charge >= 0.3 is 6.18 Å². The number of carbonyl (C=O) groups is 1. The van der Waals surface area contributed by atoms with E-state index in [0.717, 1.165) is 31.5 Å². The third-order valence-corrected chi connectivity index (χ3v) is 3.43. The zero-order chi connectivity index (χ0) is 14.8. The molecule has 1 saturated carbocycles. The second-order valence-corrected chi connectivity index (χ2v) is 4.90. The van der Waals surface area contributed by atoms with Crippen molar-refractivity contribution in [3.05, 3.63) is 29.6 Å². The number of aromatic nitrogens is 1. The fourth-order valence-electron chi connectivity index (χ4n) is 1.90. The number of halogens is 3. The summed E-state index contributed by atoms with van der Waals surface area (Å²) in [6.07, 6.45) is -0.696. The third kappa shape index (κ3) is 3.47. The first kappa shape index (κ1) is 14.8. The highest BCUT2D eigenvalue weighted by molar-refractivity contribution is 5.78. The van der Waals surface area contributed by atoms with E-state index in [4.69, 9.17) is 0 Å². The number of pyridine rings is 1. The van der Waals surface area contributed by atoms with Crippen LogP contribution in [-0.4, -0.2) is 22.9 Å². The molecule has 0 bridgehead atoms. The highest BCUT2D eigenvalue weighted by Crippen LogP contribution is 2.28. The molecule has 1 aromatic rings. The van der Waals surface area contributed by atoms with Crippen LogP contribution in [0.25, 0.3) is 0 Å². The van der Waals surface area contributed by atoms with Crippen LogP contribution in [0.3, 0.4) is 0 Å². The number of nitrogens with zero attached hydrogens (tertiary/aromatic N) is 2. The molecule has 2 rings (SSSR count). The van der Waals surface area contributed by atoms with Crippen LogP contribution in [0.5, 0.6) is 0 Å². The molecule has 110 valence electrons. The monoisotopic (exact) mass is 287 g/mol. The number of hydrogen-bond donors (Lipinski definition) is 1. The minimum atomic E-state index is -4.38. The molecule has 1 N–H and O–H groups in total. The van der Waals surface area contributed by atoms with Crippen LogP contribution >= 0.6 is 0 Å². The number of amides is 1. The van der Waals surface area contributed by atoms with E-state index in [1.165, 1.54) is 11.1 Å². The maximum absolute atomic E-state index is 12.4. The van der Waals surface area contributed by atoms with Gasteiger partial charge in [-0.2, -0.15) is 13.2 Å². The highest BCUT2D eigenvalue weighted by Gasteiger charge is 2.30. The lowest BCUT2D eigenvalue weighted by Crippen LogP contribution is -2.44. The van der Waals surface area contributed by atoms with Crippen molar-refractivity contribution in [2.24, 2.45) is 5.92 Å². The Balaban J connectivity index is 1.86. The summed E-state index contributed by atoms with van der Waals surface area (Å²) in [4.78, 5) is 15.6. The van der Waals surface area contributed by atoms with Gasteiger partial charge in [-0.15, -0.1) is 0 Å². The SMILES string of the molecule is CN(NCc1ccc(C(F)(F)F)cn1)C(=O)C1CCC1. The van der Waals surface area contributed by atoms with Crippen molar-refractivity contribution in [3.63, 3.8) is 0 Å². The number of carbonyl (C=O) groups excluding carboxylic acids is 1. The van der Waals surface area contributed by atoms with E-state index in [1.807, 2.05) is 0 Å². The number of nitrogens with one attached hydrogen (secondary N) is 1. The Morgan fingerprint density at radius 1 is 1.45 bits per heavy atom. The summed E-state index contributed by atoms with van der Waals surface area (Å²) in [6.45, 7) is 0.215. The first-order valence-electron chi connectivity index (χ1n) is 6.41. The van der Waals surface area contributed by atoms with Gasteiger partial charge in [-0.05, 0) is 25.0 Å². The Morgan fingerprint density at radius 2 is 2.15 bits per heavy atom. The second kappa shape index (κ2) is 5.78. The Hall–Kier alpha value is -1.63. The van der Waals surface area contributed by atoms with E-state index < -0.39 is 11.7 Å².